The summed E-state index contributed by atoms with van der Waals surface area (Å²) in [5.41, 5.74) is 8.43. The van der Waals surface area contributed by atoms with Crippen molar-refractivity contribution < 1.29 is 4.74 Å². The summed E-state index contributed by atoms with van der Waals surface area (Å²) in [6, 6.07) is 5.69. The monoisotopic (exact) mass is 204 g/mol. The minimum absolute atomic E-state index is 0.638. The predicted octanol–water partition coefficient (Wildman–Crippen LogP) is 2.38. The summed E-state index contributed by atoms with van der Waals surface area (Å²) in [6.07, 6.45) is 3.77. The van der Waals surface area contributed by atoms with Crippen LogP contribution in [-0.4, -0.2) is 20.4 Å². The highest BCUT2D eigenvalue weighted by Gasteiger charge is 2.08. The molecular formula is C12H16N2O. The Morgan fingerprint density at radius 2 is 2.20 bits per heavy atom. The first kappa shape index (κ1) is 11.3. The number of aliphatic imine (C=N–C) groups is 1. The highest BCUT2D eigenvalue weighted by molar-refractivity contribution is 6.11. The molecule has 0 bridgehead atoms. The van der Waals surface area contributed by atoms with Crippen molar-refractivity contribution in [2.75, 3.05) is 19.9 Å². The van der Waals surface area contributed by atoms with Gasteiger partial charge in [-0.15, -0.1) is 0 Å². The topological polar surface area (TPSA) is 47.6 Å². The molecule has 0 aliphatic carbocycles. The van der Waals surface area contributed by atoms with Gasteiger partial charge in [-0.1, -0.05) is 18.2 Å². The Morgan fingerprint density at radius 3 is 2.73 bits per heavy atom. The molecule has 3 heteroatoms. The SMILES string of the molecule is C/C=C(\C=NC)c1cccc(N)c1OC. The molecule has 0 radical (unpaired) electrons. The number of anilines is 1. The Labute approximate surface area is 90.3 Å². The van der Waals surface area contributed by atoms with E-state index in [1.54, 1.807) is 20.4 Å². The third kappa shape index (κ3) is 2.37. The van der Waals surface area contributed by atoms with Gasteiger partial charge in [-0.3, -0.25) is 4.99 Å². The summed E-state index contributed by atoms with van der Waals surface area (Å²) in [5, 5.41) is 0. The van der Waals surface area contributed by atoms with Crippen molar-refractivity contribution in [2.45, 2.75) is 6.92 Å². The first-order chi connectivity index (χ1) is 7.24. The normalized spacial score (nSPS) is 12.1. The van der Waals surface area contributed by atoms with E-state index in [9.17, 15) is 0 Å². The maximum atomic E-state index is 5.82. The van der Waals surface area contributed by atoms with E-state index in [-0.39, 0.29) is 0 Å². The summed E-state index contributed by atoms with van der Waals surface area (Å²) in [7, 11) is 3.35. The van der Waals surface area contributed by atoms with Crippen molar-refractivity contribution in [3.05, 3.63) is 29.8 Å². The number of allylic oxidation sites excluding steroid dienone is 2. The third-order valence-electron chi connectivity index (χ3n) is 2.14. The summed E-state index contributed by atoms with van der Waals surface area (Å²) < 4.78 is 5.28. The number of nitrogens with two attached hydrogens (primary N) is 1. The standard InChI is InChI=1S/C12H16N2O/c1-4-9(8-14-2)10-6-5-7-11(13)12(10)15-3/h4-8H,13H2,1-3H3/b9-4+,14-8?. The average molecular weight is 204 g/mol. The predicted molar refractivity (Wildman–Crippen MR) is 65.5 cm³/mol. The lowest BCUT2D eigenvalue weighted by Crippen LogP contribution is -1.97. The Morgan fingerprint density at radius 1 is 1.47 bits per heavy atom. The van der Waals surface area contributed by atoms with Crippen LogP contribution in [-0.2, 0) is 0 Å². The molecule has 1 rings (SSSR count). The van der Waals surface area contributed by atoms with Gasteiger partial charge in [0.1, 0.15) is 5.75 Å². The molecule has 0 amide bonds. The third-order valence-corrected chi connectivity index (χ3v) is 2.14. The highest BCUT2D eigenvalue weighted by atomic mass is 16.5. The quantitative estimate of drug-likeness (QED) is 0.607. The van der Waals surface area contributed by atoms with Crippen molar-refractivity contribution in [3.63, 3.8) is 0 Å². The molecule has 0 heterocycles. The maximum absolute atomic E-state index is 5.82. The van der Waals surface area contributed by atoms with Gasteiger partial charge in [-0.25, -0.2) is 0 Å². The van der Waals surface area contributed by atoms with E-state index in [1.165, 1.54) is 0 Å². The number of methoxy groups -OCH3 is 1. The fourth-order valence-electron chi connectivity index (χ4n) is 1.45. The van der Waals surface area contributed by atoms with Crippen LogP contribution < -0.4 is 10.5 Å². The van der Waals surface area contributed by atoms with Gasteiger partial charge in [0.25, 0.3) is 0 Å². The minimum Gasteiger partial charge on any atom is -0.494 e. The zero-order valence-electron chi connectivity index (χ0n) is 9.32. The molecule has 1 aromatic carbocycles. The van der Waals surface area contributed by atoms with Crippen LogP contribution in [0, 0.1) is 0 Å². The van der Waals surface area contributed by atoms with Crippen LogP contribution >= 0.6 is 0 Å². The van der Waals surface area contributed by atoms with Crippen molar-refractivity contribution in [3.8, 4) is 5.75 Å². The van der Waals surface area contributed by atoms with Crippen LogP contribution in [0.3, 0.4) is 0 Å². The molecule has 0 saturated carbocycles. The van der Waals surface area contributed by atoms with Gasteiger partial charge < -0.3 is 10.5 Å². The van der Waals surface area contributed by atoms with Crippen molar-refractivity contribution >= 4 is 17.5 Å². The number of hydrogen-bond acceptors (Lipinski definition) is 3. The summed E-state index contributed by atoms with van der Waals surface area (Å²) in [6.45, 7) is 1.96. The summed E-state index contributed by atoms with van der Waals surface area (Å²) >= 11 is 0. The number of nitrogens with zero attached hydrogens (tertiary/aromatic N) is 1. The molecule has 0 fully saturated rings. The van der Waals surface area contributed by atoms with Gasteiger partial charge >= 0.3 is 0 Å². The molecule has 0 aromatic heterocycles. The number of benzene rings is 1. The van der Waals surface area contributed by atoms with E-state index in [4.69, 9.17) is 10.5 Å². The smallest absolute Gasteiger partial charge is 0.149 e. The summed E-state index contributed by atoms with van der Waals surface area (Å²) in [4.78, 5) is 4.00. The van der Waals surface area contributed by atoms with Gasteiger partial charge in [0.2, 0.25) is 0 Å². The van der Waals surface area contributed by atoms with Gasteiger partial charge in [0.05, 0.1) is 12.8 Å². The van der Waals surface area contributed by atoms with Crippen LogP contribution in [0.15, 0.2) is 29.3 Å². The second-order valence-corrected chi connectivity index (χ2v) is 3.06. The lowest BCUT2D eigenvalue weighted by atomic mass is 10.0. The van der Waals surface area contributed by atoms with Gasteiger partial charge in [-0.2, -0.15) is 0 Å². The number of para-hydroxylation sites is 1. The molecule has 3 nitrogen and oxygen atoms in total. The number of nitrogen functional groups attached to an aromatic ring is 1. The molecule has 80 valence electrons. The highest BCUT2D eigenvalue weighted by Crippen LogP contribution is 2.30. The molecule has 2 N–H and O–H groups in total. The molecule has 0 spiro atoms. The van der Waals surface area contributed by atoms with Crippen molar-refractivity contribution in [1.29, 1.82) is 0 Å². The Kier molecular flexibility index (Phi) is 3.92. The Balaban J connectivity index is 3.29. The van der Waals surface area contributed by atoms with Crippen LogP contribution in [0.5, 0.6) is 5.75 Å². The molecule has 0 saturated heterocycles. The average Bonchev–Trinajstić information content (AvgIpc) is 2.25. The van der Waals surface area contributed by atoms with E-state index in [0.717, 1.165) is 11.1 Å². The zero-order valence-corrected chi connectivity index (χ0v) is 9.32. The fourth-order valence-corrected chi connectivity index (χ4v) is 1.45. The second kappa shape index (κ2) is 5.20. The minimum atomic E-state index is 0.638. The molecule has 0 unspecified atom stereocenters. The first-order valence-corrected chi connectivity index (χ1v) is 4.76. The fraction of sp³-hybridized carbons (Fsp3) is 0.250. The van der Waals surface area contributed by atoms with Gasteiger partial charge in [-0.05, 0) is 18.6 Å². The maximum Gasteiger partial charge on any atom is 0.149 e. The van der Waals surface area contributed by atoms with Crippen molar-refractivity contribution in [2.24, 2.45) is 4.99 Å². The van der Waals surface area contributed by atoms with E-state index in [2.05, 4.69) is 4.99 Å². The van der Waals surface area contributed by atoms with Gasteiger partial charge in [0, 0.05) is 18.8 Å². The van der Waals surface area contributed by atoms with E-state index in [1.807, 2.05) is 31.2 Å². The van der Waals surface area contributed by atoms with E-state index >= 15 is 0 Å². The molecule has 0 aliphatic heterocycles. The largest absolute Gasteiger partial charge is 0.494 e. The first-order valence-electron chi connectivity index (χ1n) is 4.76. The van der Waals surface area contributed by atoms with Crippen LogP contribution in [0.25, 0.3) is 5.57 Å². The van der Waals surface area contributed by atoms with E-state index < -0.39 is 0 Å². The molecule has 0 atom stereocenters. The number of rotatable bonds is 3. The number of hydrogen-bond donors (Lipinski definition) is 1. The van der Waals surface area contributed by atoms with Crippen LogP contribution in [0.4, 0.5) is 5.69 Å². The van der Waals surface area contributed by atoms with Crippen molar-refractivity contribution in [1.82, 2.24) is 0 Å². The van der Waals surface area contributed by atoms with E-state index in [0.29, 0.717) is 11.4 Å². The molecule has 15 heavy (non-hydrogen) atoms. The molecule has 1 aromatic rings. The molecule has 0 aliphatic rings. The second-order valence-electron chi connectivity index (χ2n) is 3.06. The Bertz CT molecular complexity index is 395. The van der Waals surface area contributed by atoms with Gasteiger partial charge in [0.15, 0.2) is 0 Å². The lowest BCUT2D eigenvalue weighted by Gasteiger charge is -2.10. The zero-order chi connectivity index (χ0) is 11.3. The lowest BCUT2D eigenvalue weighted by molar-refractivity contribution is 0.416. The summed E-state index contributed by atoms with van der Waals surface area (Å²) in [5.74, 6) is 0.700. The van der Waals surface area contributed by atoms with Crippen LogP contribution in [0.1, 0.15) is 12.5 Å². The Hall–Kier alpha value is -1.77. The molecular weight excluding hydrogens is 188 g/mol. The van der Waals surface area contributed by atoms with Crippen LogP contribution in [0.2, 0.25) is 0 Å². The number of ether oxygens (including phenoxy) is 1.